The predicted octanol–water partition coefficient (Wildman–Crippen LogP) is 4.64. The molecule has 0 aliphatic rings. The highest BCUT2D eigenvalue weighted by Gasteiger charge is 2.04. The van der Waals surface area contributed by atoms with Crippen LogP contribution in [0.2, 0.25) is 0 Å². The second-order valence-corrected chi connectivity index (χ2v) is 5.83. The highest BCUT2D eigenvalue weighted by atomic mass is 16.5. The number of carbonyl (C=O) groups excluding carboxylic acids is 1. The molecule has 132 valence electrons. The molecule has 6 heteroatoms. The summed E-state index contributed by atoms with van der Waals surface area (Å²) in [6.07, 6.45) is 3.34. The molecule has 3 aromatic rings. The molecular formula is C20H20N4O2. The van der Waals surface area contributed by atoms with E-state index in [0.717, 1.165) is 22.5 Å². The van der Waals surface area contributed by atoms with Crippen LogP contribution in [-0.4, -0.2) is 11.0 Å². The topological polar surface area (TPSA) is 75.3 Å². The zero-order valence-corrected chi connectivity index (χ0v) is 14.6. The van der Waals surface area contributed by atoms with E-state index in [4.69, 9.17) is 4.74 Å². The molecule has 6 nitrogen and oxygen atoms in total. The van der Waals surface area contributed by atoms with Gasteiger partial charge in [-0.05, 0) is 61.9 Å². The van der Waals surface area contributed by atoms with Crippen molar-refractivity contribution < 1.29 is 9.53 Å². The van der Waals surface area contributed by atoms with E-state index in [2.05, 4.69) is 21.2 Å². The molecule has 0 unspecified atom stereocenters. The minimum Gasteiger partial charge on any atom is -0.457 e. The third kappa shape index (κ3) is 4.73. The normalized spacial score (nSPS) is 10.1. The third-order valence-electron chi connectivity index (χ3n) is 3.69. The van der Waals surface area contributed by atoms with Crippen molar-refractivity contribution in [1.82, 2.24) is 10.4 Å². The Morgan fingerprint density at radius 1 is 0.923 bits per heavy atom. The van der Waals surface area contributed by atoms with Gasteiger partial charge in [0.2, 0.25) is 0 Å². The van der Waals surface area contributed by atoms with Crippen molar-refractivity contribution in [2.75, 3.05) is 10.7 Å². The molecule has 0 fully saturated rings. The summed E-state index contributed by atoms with van der Waals surface area (Å²) in [5, 5.41) is 2.81. The lowest BCUT2D eigenvalue weighted by molar-refractivity contribution is 0.254. The number of benzene rings is 2. The van der Waals surface area contributed by atoms with E-state index < -0.39 is 0 Å². The molecule has 26 heavy (non-hydrogen) atoms. The fraction of sp³-hybridized carbons (Fsp3) is 0.100. The first-order valence-corrected chi connectivity index (χ1v) is 8.18. The van der Waals surface area contributed by atoms with Crippen molar-refractivity contribution in [1.29, 1.82) is 0 Å². The second-order valence-electron chi connectivity index (χ2n) is 5.83. The summed E-state index contributed by atoms with van der Waals surface area (Å²) in [6.45, 7) is 3.97. The van der Waals surface area contributed by atoms with Crippen molar-refractivity contribution in [2.45, 2.75) is 13.8 Å². The standard InChI is InChI=1S/C20H20N4O2/c1-14-3-8-19(15(2)13-14)22-20(25)24-23-16-4-6-17(7-5-16)26-18-9-11-21-12-10-18/h3-13,23H,1-2H3,(H2,22,24,25). The van der Waals surface area contributed by atoms with Gasteiger partial charge in [0.25, 0.3) is 0 Å². The number of hydrogen-bond donors (Lipinski definition) is 3. The first-order chi connectivity index (χ1) is 12.6. The number of hydrazine groups is 1. The van der Waals surface area contributed by atoms with E-state index in [1.54, 1.807) is 24.5 Å². The van der Waals surface area contributed by atoms with Crippen molar-refractivity contribution >= 4 is 17.4 Å². The summed E-state index contributed by atoms with van der Waals surface area (Å²) in [4.78, 5) is 16.0. The molecule has 0 aliphatic carbocycles. The molecule has 0 atom stereocenters. The Morgan fingerprint density at radius 3 is 2.31 bits per heavy atom. The summed E-state index contributed by atoms with van der Waals surface area (Å²) in [5.74, 6) is 1.41. The number of rotatable bonds is 5. The number of carbonyl (C=O) groups is 1. The Hall–Kier alpha value is -3.54. The zero-order valence-electron chi connectivity index (χ0n) is 14.6. The lowest BCUT2D eigenvalue weighted by Gasteiger charge is -2.12. The molecule has 1 heterocycles. The van der Waals surface area contributed by atoms with Gasteiger partial charge in [-0.2, -0.15) is 0 Å². The molecule has 0 spiro atoms. The average Bonchev–Trinajstić information content (AvgIpc) is 2.64. The van der Waals surface area contributed by atoms with E-state index in [-0.39, 0.29) is 6.03 Å². The molecule has 1 aromatic heterocycles. The summed E-state index contributed by atoms with van der Waals surface area (Å²) < 4.78 is 5.69. The molecule has 0 radical (unpaired) electrons. The number of nitrogens with zero attached hydrogens (tertiary/aromatic N) is 1. The van der Waals surface area contributed by atoms with Crippen molar-refractivity contribution in [3.05, 3.63) is 78.1 Å². The van der Waals surface area contributed by atoms with Crippen LogP contribution in [-0.2, 0) is 0 Å². The molecule has 0 bridgehead atoms. The molecule has 2 amide bonds. The zero-order chi connectivity index (χ0) is 18.4. The number of nitrogens with one attached hydrogen (secondary N) is 3. The number of aryl methyl sites for hydroxylation is 2. The van der Waals surface area contributed by atoms with Crippen LogP contribution in [0.25, 0.3) is 0 Å². The molecule has 0 saturated carbocycles. The molecule has 3 rings (SSSR count). The molecule has 3 N–H and O–H groups in total. The Bertz CT molecular complexity index is 880. The maximum absolute atomic E-state index is 12.0. The van der Waals surface area contributed by atoms with Crippen LogP contribution in [0.1, 0.15) is 11.1 Å². The van der Waals surface area contributed by atoms with Gasteiger partial charge in [-0.25, -0.2) is 4.79 Å². The van der Waals surface area contributed by atoms with Crippen molar-refractivity contribution in [2.24, 2.45) is 0 Å². The first-order valence-electron chi connectivity index (χ1n) is 8.18. The minimum absolute atomic E-state index is 0.339. The maximum Gasteiger partial charge on any atom is 0.337 e. The average molecular weight is 348 g/mol. The van der Waals surface area contributed by atoms with Crippen LogP contribution < -0.4 is 20.9 Å². The minimum atomic E-state index is -0.339. The van der Waals surface area contributed by atoms with Gasteiger partial charge in [0.05, 0.1) is 5.69 Å². The van der Waals surface area contributed by atoms with Crippen LogP contribution in [0.15, 0.2) is 67.0 Å². The monoisotopic (exact) mass is 348 g/mol. The van der Waals surface area contributed by atoms with Gasteiger partial charge >= 0.3 is 6.03 Å². The second kappa shape index (κ2) is 8.02. The van der Waals surface area contributed by atoms with Crippen LogP contribution in [0, 0.1) is 13.8 Å². The Balaban J connectivity index is 1.52. The fourth-order valence-corrected chi connectivity index (χ4v) is 2.39. The third-order valence-corrected chi connectivity index (χ3v) is 3.69. The van der Waals surface area contributed by atoms with E-state index in [1.165, 1.54) is 0 Å². The van der Waals surface area contributed by atoms with Crippen LogP contribution >= 0.6 is 0 Å². The molecule has 2 aromatic carbocycles. The number of pyridine rings is 1. The molecular weight excluding hydrogens is 328 g/mol. The van der Waals surface area contributed by atoms with Crippen molar-refractivity contribution in [3.8, 4) is 11.5 Å². The van der Waals surface area contributed by atoms with Crippen molar-refractivity contribution in [3.63, 3.8) is 0 Å². The highest BCUT2D eigenvalue weighted by Crippen LogP contribution is 2.22. The van der Waals surface area contributed by atoms with E-state index >= 15 is 0 Å². The van der Waals surface area contributed by atoms with Crippen LogP contribution in [0.3, 0.4) is 0 Å². The lowest BCUT2D eigenvalue weighted by Crippen LogP contribution is -2.33. The number of aromatic nitrogens is 1. The summed E-state index contributed by atoms with van der Waals surface area (Å²) >= 11 is 0. The number of amides is 2. The van der Waals surface area contributed by atoms with Gasteiger partial charge in [-0.3, -0.25) is 15.8 Å². The van der Waals surface area contributed by atoms with Gasteiger partial charge in [0, 0.05) is 18.1 Å². The van der Waals surface area contributed by atoms with Gasteiger partial charge in [-0.15, -0.1) is 0 Å². The SMILES string of the molecule is Cc1ccc(NC(=O)NNc2ccc(Oc3ccncc3)cc2)c(C)c1. The smallest absolute Gasteiger partial charge is 0.337 e. The highest BCUT2D eigenvalue weighted by molar-refractivity contribution is 5.90. The lowest BCUT2D eigenvalue weighted by atomic mass is 10.1. The van der Waals surface area contributed by atoms with Crippen LogP contribution in [0.4, 0.5) is 16.2 Å². The maximum atomic E-state index is 12.0. The fourth-order valence-electron chi connectivity index (χ4n) is 2.39. The van der Waals surface area contributed by atoms with E-state index in [0.29, 0.717) is 11.5 Å². The van der Waals surface area contributed by atoms with E-state index in [1.807, 2.05) is 56.3 Å². The Kier molecular flexibility index (Phi) is 5.34. The molecule has 0 saturated heterocycles. The quantitative estimate of drug-likeness (QED) is 0.587. The predicted molar refractivity (Wildman–Crippen MR) is 102 cm³/mol. The van der Waals surface area contributed by atoms with E-state index in [9.17, 15) is 4.79 Å². The Morgan fingerprint density at radius 2 is 1.62 bits per heavy atom. The summed E-state index contributed by atoms with van der Waals surface area (Å²) in [6, 6.07) is 16.3. The van der Waals surface area contributed by atoms with Gasteiger partial charge in [0.15, 0.2) is 0 Å². The number of ether oxygens (including phenoxy) is 1. The first kappa shape index (κ1) is 17.3. The summed E-state index contributed by atoms with van der Waals surface area (Å²) in [7, 11) is 0. The number of anilines is 2. The number of urea groups is 1. The Labute approximate surface area is 152 Å². The largest absolute Gasteiger partial charge is 0.457 e. The van der Waals surface area contributed by atoms with Crippen LogP contribution in [0.5, 0.6) is 11.5 Å². The summed E-state index contributed by atoms with van der Waals surface area (Å²) in [5.41, 5.74) is 9.15. The van der Waals surface area contributed by atoms with Gasteiger partial charge in [0.1, 0.15) is 11.5 Å². The molecule has 0 aliphatic heterocycles. The number of hydrogen-bond acceptors (Lipinski definition) is 4. The van der Waals surface area contributed by atoms with Gasteiger partial charge < -0.3 is 10.1 Å². The van der Waals surface area contributed by atoms with Gasteiger partial charge in [-0.1, -0.05) is 17.7 Å².